The summed E-state index contributed by atoms with van der Waals surface area (Å²) in [7, 11) is 0. The van der Waals surface area contributed by atoms with Crippen molar-refractivity contribution in [1.29, 1.82) is 0 Å². The SMILES string of the molecule is CC(C)n1ccc(C(=O)NCc2ccc(F)cc2F)n1. The Balaban J connectivity index is 2.01. The van der Waals surface area contributed by atoms with E-state index in [2.05, 4.69) is 10.4 Å². The number of nitrogens with one attached hydrogen (secondary N) is 1. The molecule has 0 spiro atoms. The summed E-state index contributed by atoms with van der Waals surface area (Å²) in [4.78, 5) is 11.8. The molecule has 0 unspecified atom stereocenters. The summed E-state index contributed by atoms with van der Waals surface area (Å²) in [6.45, 7) is 3.88. The van der Waals surface area contributed by atoms with Gasteiger partial charge in [-0.15, -0.1) is 0 Å². The maximum Gasteiger partial charge on any atom is 0.272 e. The zero-order valence-corrected chi connectivity index (χ0v) is 11.2. The number of halogens is 2. The van der Waals surface area contributed by atoms with Crippen LogP contribution in [-0.4, -0.2) is 15.7 Å². The number of carbonyl (C=O) groups excluding carboxylic acids is 1. The van der Waals surface area contributed by atoms with Gasteiger partial charge in [0.1, 0.15) is 17.3 Å². The molecule has 0 saturated heterocycles. The second-order valence-corrected chi connectivity index (χ2v) is 4.69. The monoisotopic (exact) mass is 279 g/mol. The minimum Gasteiger partial charge on any atom is -0.346 e. The average molecular weight is 279 g/mol. The third-order valence-corrected chi connectivity index (χ3v) is 2.82. The van der Waals surface area contributed by atoms with Crippen LogP contribution in [0.15, 0.2) is 30.5 Å². The number of hydrogen-bond donors (Lipinski definition) is 1. The molecule has 0 aliphatic carbocycles. The molecule has 0 radical (unpaired) electrons. The molecule has 0 aliphatic heterocycles. The van der Waals surface area contributed by atoms with Crippen LogP contribution in [0.25, 0.3) is 0 Å². The Bertz CT molecular complexity index is 623. The third kappa shape index (κ3) is 3.20. The number of benzene rings is 1. The summed E-state index contributed by atoms with van der Waals surface area (Å²) in [5.74, 6) is -1.72. The molecule has 20 heavy (non-hydrogen) atoms. The molecule has 1 N–H and O–H groups in total. The van der Waals surface area contributed by atoms with Crippen molar-refractivity contribution in [2.24, 2.45) is 0 Å². The van der Waals surface area contributed by atoms with Crippen molar-refractivity contribution in [3.63, 3.8) is 0 Å². The second-order valence-electron chi connectivity index (χ2n) is 4.69. The molecule has 0 fully saturated rings. The first kappa shape index (κ1) is 14.2. The smallest absolute Gasteiger partial charge is 0.272 e. The zero-order valence-electron chi connectivity index (χ0n) is 11.2. The van der Waals surface area contributed by atoms with Crippen molar-refractivity contribution in [3.05, 3.63) is 53.4 Å². The van der Waals surface area contributed by atoms with Crippen molar-refractivity contribution in [1.82, 2.24) is 15.1 Å². The average Bonchev–Trinajstić information content (AvgIpc) is 2.87. The van der Waals surface area contributed by atoms with Gasteiger partial charge in [-0.05, 0) is 26.0 Å². The predicted molar refractivity (Wildman–Crippen MR) is 70.1 cm³/mol. The second kappa shape index (κ2) is 5.81. The summed E-state index contributed by atoms with van der Waals surface area (Å²) < 4.78 is 27.8. The van der Waals surface area contributed by atoms with Crippen LogP contribution >= 0.6 is 0 Å². The number of carbonyl (C=O) groups is 1. The molecule has 0 saturated carbocycles. The maximum atomic E-state index is 13.4. The van der Waals surface area contributed by atoms with E-state index < -0.39 is 17.5 Å². The molecule has 1 heterocycles. The fourth-order valence-corrected chi connectivity index (χ4v) is 1.68. The van der Waals surface area contributed by atoms with Gasteiger partial charge in [0.25, 0.3) is 5.91 Å². The lowest BCUT2D eigenvalue weighted by Crippen LogP contribution is -2.24. The van der Waals surface area contributed by atoms with Crippen molar-refractivity contribution in [2.45, 2.75) is 26.4 Å². The highest BCUT2D eigenvalue weighted by Gasteiger charge is 2.11. The van der Waals surface area contributed by atoms with Crippen LogP contribution in [0.2, 0.25) is 0 Å². The van der Waals surface area contributed by atoms with Gasteiger partial charge in [-0.2, -0.15) is 5.10 Å². The van der Waals surface area contributed by atoms with Crippen molar-refractivity contribution in [3.8, 4) is 0 Å². The molecule has 106 valence electrons. The van der Waals surface area contributed by atoms with Crippen LogP contribution in [0, 0.1) is 11.6 Å². The Kier molecular flexibility index (Phi) is 4.12. The van der Waals surface area contributed by atoms with Crippen LogP contribution in [0.1, 0.15) is 35.9 Å². The highest BCUT2D eigenvalue weighted by molar-refractivity contribution is 5.92. The lowest BCUT2D eigenvalue weighted by atomic mass is 10.2. The molecule has 6 heteroatoms. The van der Waals surface area contributed by atoms with Crippen LogP contribution in [0.4, 0.5) is 8.78 Å². The van der Waals surface area contributed by atoms with Crippen LogP contribution < -0.4 is 5.32 Å². The minimum absolute atomic E-state index is 0.0144. The first-order valence-corrected chi connectivity index (χ1v) is 6.24. The van der Waals surface area contributed by atoms with Crippen molar-refractivity contribution >= 4 is 5.91 Å². The Morgan fingerprint density at radius 1 is 1.35 bits per heavy atom. The topological polar surface area (TPSA) is 46.9 Å². The van der Waals surface area contributed by atoms with E-state index in [1.165, 1.54) is 6.07 Å². The summed E-state index contributed by atoms with van der Waals surface area (Å²) in [6, 6.07) is 4.99. The van der Waals surface area contributed by atoms with Gasteiger partial charge < -0.3 is 5.32 Å². The molecule has 2 rings (SSSR count). The van der Waals surface area contributed by atoms with E-state index in [-0.39, 0.29) is 23.8 Å². The number of hydrogen-bond acceptors (Lipinski definition) is 2. The summed E-state index contributed by atoms with van der Waals surface area (Å²) in [5, 5.41) is 6.66. The van der Waals surface area contributed by atoms with Gasteiger partial charge in [0, 0.05) is 30.4 Å². The Morgan fingerprint density at radius 3 is 2.70 bits per heavy atom. The quantitative estimate of drug-likeness (QED) is 0.935. The highest BCUT2D eigenvalue weighted by atomic mass is 19.1. The Hall–Kier alpha value is -2.24. The standard InChI is InChI=1S/C14H15F2N3O/c1-9(2)19-6-5-13(18-19)14(20)17-8-10-3-4-11(15)7-12(10)16/h3-7,9H,8H2,1-2H3,(H,17,20). The molecule has 0 bridgehead atoms. The fraction of sp³-hybridized carbons (Fsp3) is 0.286. The van der Waals surface area contributed by atoms with Gasteiger partial charge >= 0.3 is 0 Å². The molecular formula is C14H15F2N3O. The molecule has 0 atom stereocenters. The van der Waals surface area contributed by atoms with E-state index in [4.69, 9.17) is 0 Å². The van der Waals surface area contributed by atoms with Crippen LogP contribution in [-0.2, 0) is 6.54 Å². The van der Waals surface area contributed by atoms with E-state index >= 15 is 0 Å². The van der Waals surface area contributed by atoms with Gasteiger partial charge in [0.2, 0.25) is 0 Å². The van der Waals surface area contributed by atoms with Gasteiger partial charge in [0.05, 0.1) is 0 Å². The van der Waals surface area contributed by atoms with E-state index in [0.717, 1.165) is 12.1 Å². The normalized spacial score (nSPS) is 10.8. The molecule has 1 aromatic carbocycles. The summed E-state index contributed by atoms with van der Waals surface area (Å²) in [5.41, 5.74) is 0.490. The molecule has 1 amide bonds. The van der Waals surface area contributed by atoms with Crippen molar-refractivity contribution in [2.75, 3.05) is 0 Å². The van der Waals surface area contributed by atoms with Gasteiger partial charge in [0.15, 0.2) is 0 Å². The van der Waals surface area contributed by atoms with Crippen LogP contribution in [0.5, 0.6) is 0 Å². The molecular weight excluding hydrogens is 264 g/mol. The fourth-order valence-electron chi connectivity index (χ4n) is 1.68. The first-order valence-electron chi connectivity index (χ1n) is 6.24. The molecule has 0 aliphatic rings. The Labute approximate surface area is 115 Å². The first-order chi connectivity index (χ1) is 9.47. The summed E-state index contributed by atoms with van der Waals surface area (Å²) >= 11 is 0. The van der Waals surface area contributed by atoms with E-state index in [1.54, 1.807) is 16.9 Å². The molecule has 4 nitrogen and oxygen atoms in total. The number of nitrogens with zero attached hydrogens (tertiary/aromatic N) is 2. The number of amides is 1. The maximum absolute atomic E-state index is 13.4. The van der Waals surface area contributed by atoms with E-state index in [9.17, 15) is 13.6 Å². The molecule has 2 aromatic rings. The molecule has 1 aromatic heterocycles. The Morgan fingerprint density at radius 2 is 2.10 bits per heavy atom. The summed E-state index contributed by atoms with van der Waals surface area (Å²) in [6.07, 6.45) is 1.71. The van der Waals surface area contributed by atoms with E-state index in [1.807, 2.05) is 13.8 Å². The van der Waals surface area contributed by atoms with Crippen molar-refractivity contribution < 1.29 is 13.6 Å². The zero-order chi connectivity index (χ0) is 14.7. The van der Waals surface area contributed by atoms with Gasteiger partial charge in [-0.25, -0.2) is 8.78 Å². The predicted octanol–water partition coefficient (Wildman–Crippen LogP) is 2.67. The van der Waals surface area contributed by atoms with Gasteiger partial charge in [-0.1, -0.05) is 6.07 Å². The van der Waals surface area contributed by atoms with Crippen LogP contribution in [0.3, 0.4) is 0 Å². The minimum atomic E-state index is -0.682. The lowest BCUT2D eigenvalue weighted by molar-refractivity contribution is 0.0944. The highest BCUT2D eigenvalue weighted by Crippen LogP contribution is 2.09. The third-order valence-electron chi connectivity index (χ3n) is 2.82. The van der Waals surface area contributed by atoms with Gasteiger partial charge in [-0.3, -0.25) is 9.48 Å². The largest absolute Gasteiger partial charge is 0.346 e. The van der Waals surface area contributed by atoms with E-state index in [0.29, 0.717) is 0 Å². The lowest BCUT2D eigenvalue weighted by Gasteiger charge is -2.06. The number of rotatable bonds is 4. The number of aromatic nitrogens is 2.